The fraction of sp³-hybridized carbons (Fsp3) is 0.348. The summed E-state index contributed by atoms with van der Waals surface area (Å²) in [6, 6.07) is 12.3. The van der Waals surface area contributed by atoms with Gasteiger partial charge in [-0.25, -0.2) is 0 Å². The second kappa shape index (κ2) is 9.83. The normalized spacial score (nSPS) is 11.3. The largest absolute Gasteiger partial charge is 0.497 e. The molecule has 0 unspecified atom stereocenters. The van der Waals surface area contributed by atoms with E-state index in [0.717, 1.165) is 5.75 Å². The molecule has 31 heavy (non-hydrogen) atoms. The van der Waals surface area contributed by atoms with Crippen molar-refractivity contribution in [2.75, 3.05) is 12.4 Å². The second-order valence-corrected chi connectivity index (χ2v) is 8.52. The summed E-state index contributed by atoms with van der Waals surface area (Å²) in [5, 5.41) is 7.37. The zero-order valence-corrected chi connectivity index (χ0v) is 18.8. The van der Waals surface area contributed by atoms with E-state index >= 15 is 0 Å². The third-order valence-corrected chi connectivity index (χ3v) is 4.67. The molecular formula is C23H26ClN3O4. The zero-order valence-electron chi connectivity index (χ0n) is 18.1. The van der Waals surface area contributed by atoms with E-state index in [-0.39, 0.29) is 11.3 Å². The van der Waals surface area contributed by atoms with E-state index < -0.39 is 0 Å². The van der Waals surface area contributed by atoms with E-state index in [0.29, 0.717) is 53.2 Å². The summed E-state index contributed by atoms with van der Waals surface area (Å²) >= 11 is 6.12. The minimum Gasteiger partial charge on any atom is -0.497 e. The molecule has 0 spiro atoms. The minimum absolute atomic E-state index is 0.155. The number of hydrogen-bond acceptors (Lipinski definition) is 6. The monoisotopic (exact) mass is 443 g/mol. The maximum Gasteiger partial charge on any atom is 0.226 e. The van der Waals surface area contributed by atoms with Gasteiger partial charge in [0, 0.05) is 23.3 Å². The van der Waals surface area contributed by atoms with Crippen molar-refractivity contribution in [3.8, 4) is 17.2 Å². The molecule has 2 aromatic carbocycles. The van der Waals surface area contributed by atoms with E-state index in [2.05, 4.69) is 15.5 Å². The van der Waals surface area contributed by atoms with Crippen molar-refractivity contribution < 1.29 is 18.8 Å². The van der Waals surface area contributed by atoms with Crippen molar-refractivity contribution in [2.45, 2.75) is 45.4 Å². The highest BCUT2D eigenvalue weighted by Crippen LogP contribution is 2.33. The average Bonchev–Trinajstić information content (AvgIpc) is 3.20. The number of aryl methyl sites for hydroxylation is 1. The number of hydrogen-bond donors (Lipinski definition) is 1. The van der Waals surface area contributed by atoms with Gasteiger partial charge in [0.15, 0.2) is 11.6 Å². The van der Waals surface area contributed by atoms with Crippen LogP contribution in [0.5, 0.6) is 17.2 Å². The number of amides is 1. The van der Waals surface area contributed by atoms with Gasteiger partial charge in [0.1, 0.15) is 11.5 Å². The second-order valence-electron chi connectivity index (χ2n) is 8.08. The quantitative estimate of drug-likeness (QED) is 0.474. The fourth-order valence-electron chi connectivity index (χ4n) is 2.73. The average molecular weight is 444 g/mol. The van der Waals surface area contributed by atoms with Crippen LogP contribution >= 0.6 is 11.6 Å². The molecule has 3 aromatic rings. The van der Waals surface area contributed by atoms with Gasteiger partial charge < -0.3 is 19.3 Å². The van der Waals surface area contributed by atoms with Crippen molar-refractivity contribution >= 4 is 23.2 Å². The Labute approximate surface area is 186 Å². The molecule has 8 heteroatoms. The predicted octanol–water partition coefficient (Wildman–Crippen LogP) is 5.78. The first-order valence-corrected chi connectivity index (χ1v) is 10.4. The number of nitrogens with one attached hydrogen (secondary N) is 1. The van der Waals surface area contributed by atoms with Crippen molar-refractivity contribution in [1.29, 1.82) is 0 Å². The van der Waals surface area contributed by atoms with Gasteiger partial charge in [0.25, 0.3) is 0 Å². The zero-order chi connectivity index (χ0) is 22.4. The molecule has 1 N–H and O–H groups in total. The summed E-state index contributed by atoms with van der Waals surface area (Å²) in [6.45, 7) is 6.06. The number of carbonyl (C=O) groups is 1. The van der Waals surface area contributed by atoms with Gasteiger partial charge in [-0.3, -0.25) is 4.79 Å². The Hall–Kier alpha value is -3.06. The molecule has 7 nitrogen and oxygen atoms in total. The molecule has 0 radical (unpaired) electrons. The third-order valence-electron chi connectivity index (χ3n) is 4.44. The minimum atomic E-state index is -0.175. The van der Waals surface area contributed by atoms with Crippen molar-refractivity contribution in [1.82, 2.24) is 10.1 Å². The highest BCUT2D eigenvalue weighted by atomic mass is 35.5. The Kier molecular flexibility index (Phi) is 7.17. The van der Waals surface area contributed by atoms with Crippen LogP contribution in [0.2, 0.25) is 5.02 Å². The first-order chi connectivity index (χ1) is 14.7. The Balaban J connectivity index is 1.58. The highest BCUT2D eigenvalue weighted by molar-refractivity contribution is 6.31. The molecule has 0 saturated heterocycles. The van der Waals surface area contributed by atoms with Crippen LogP contribution in [0.15, 0.2) is 47.0 Å². The first-order valence-electron chi connectivity index (χ1n) is 9.99. The van der Waals surface area contributed by atoms with Crippen LogP contribution in [0.4, 0.5) is 5.69 Å². The van der Waals surface area contributed by atoms with Crippen LogP contribution in [-0.2, 0) is 16.6 Å². The summed E-state index contributed by atoms with van der Waals surface area (Å²) in [6.07, 6.45) is 1.40. The predicted molar refractivity (Wildman–Crippen MR) is 119 cm³/mol. The lowest BCUT2D eigenvalue weighted by molar-refractivity contribution is -0.116. The molecule has 0 fully saturated rings. The van der Waals surface area contributed by atoms with Crippen LogP contribution in [-0.4, -0.2) is 23.2 Å². The molecule has 1 aromatic heterocycles. The lowest BCUT2D eigenvalue weighted by Crippen LogP contribution is -2.13. The van der Waals surface area contributed by atoms with E-state index in [9.17, 15) is 4.79 Å². The van der Waals surface area contributed by atoms with E-state index in [4.69, 9.17) is 25.6 Å². The molecule has 0 aliphatic carbocycles. The van der Waals surface area contributed by atoms with Crippen LogP contribution < -0.4 is 14.8 Å². The number of benzene rings is 2. The van der Waals surface area contributed by atoms with Crippen LogP contribution in [0.3, 0.4) is 0 Å². The van der Waals surface area contributed by atoms with E-state index in [1.807, 2.05) is 20.8 Å². The Morgan fingerprint density at radius 1 is 1.13 bits per heavy atom. The molecule has 0 atom stereocenters. The maximum atomic E-state index is 12.5. The van der Waals surface area contributed by atoms with E-state index in [1.54, 1.807) is 49.6 Å². The van der Waals surface area contributed by atoms with Crippen LogP contribution in [0.25, 0.3) is 0 Å². The van der Waals surface area contributed by atoms with Crippen molar-refractivity contribution in [3.05, 3.63) is 59.2 Å². The summed E-state index contributed by atoms with van der Waals surface area (Å²) in [7, 11) is 1.60. The van der Waals surface area contributed by atoms with Crippen LogP contribution in [0, 0.1) is 0 Å². The summed E-state index contributed by atoms with van der Waals surface area (Å²) < 4.78 is 16.3. The standard InChI is InChI=1S/C23H26ClN3O4/c1-23(2,3)22-26-21(31-27-22)7-5-6-20(28)25-18-14-15(24)8-13-19(18)30-17-11-9-16(29-4)10-12-17/h8-14H,5-7H2,1-4H3,(H,25,28). The first kappa shape index (κ1) is 22.6. The Morgan fingerprint density at radius 3 is 2.48 bits per heavy atom. The topological polar surface area (TPSA) is 86.5 Å². The van der Waals surface area contributed by atoms with Gasteiger partial charge in [-0.1, -0.05) is 37.5 Å². The number of aromatic nitrogens is 2. The third kappa shape index (κ3) is 6.46. The molecular weight excluding hydrogens is 418 g/mol. The smallest absolute Gasteiger partial charge is 0.226 e. The van der Waals surface area contributed by atoms with Gasteiger partial charge >= 0.3 is 0 Å². The molecule has 0 aliphatic heterocycles. The number of rotatable bonds is 8. The molecule has 1 heterocycles. The lowest BCUT2D eigenvalue weighted by atomic mass is 9.96. The van der Waals surface area contributed by atoms with E-state index in [1.165, 1.54) is 0 Å². The Bertz CT molecular complexity index is 1030. The van der Waals surface area contributed by atoms with Gasteiger partial charge in [0.05, 0.1) is 12.8 Å². The molecule has 164 valence electrons. The van der Waals surface area contributed by atoms with Gasteiger partial charge in [-0.15, -0.1) is 0 Å². The Morgan fingerprint density at radius 2 is 1.84 bits per heavy atom. The SMILES string of the molecule is COc1ccc(Oc2ccc(Cl)cc2NC(=O)CCCc2nc(C(C)(C)C)no2)cc1. The molecule has 0 aliphatic rings. The number of methoxy groups -OCH3 is 1. The fourth-order valence-corrected chi connectivity index (χ4v) is 2.91. The van der Waals surface area contributed by atoms with Gasteiger partial charge in [-0.05, 0) is 48.9 Å². The molecule has 3 rings (SSSR count). The number of anilines is 1. The number of nitrogens with zero attached hydrogens (tertiary/aromatic N) is 2. The van der Waals surface area contributed by atoms with Crippen molar-refractivity contribution in [3.63, 3.8) is 0 Å². The van der Waals surface area contributed by atoms with Crippen molar-refractivity contribution in [2.24, 2.45) is 0 Å². The molecule has 0 saturated carbocycles. The van der Waals surface area contributed by atoms with Crippen LogP contribution in [0.1, 0.15) is 45.3 Å². The summed E-state index contributed by atoms with van der Waals surface area (Å²) in [5.74, 6) is 2.87. The highest BCUT2D eigenvalue weighted by Gasteiger charge is 2.21. The maximum absolute atomic E-state index is 12.5. The summed E-state index contributed by atoms with van der Waals surface area (Å²) in [4.78, 5) is 16.9. The number of carbonyl (C=O) groups excluding carboxylic acids is 1. The molecule has 0 bridgehead atoms. The lowest BCUT2D eigenvalue weighted by Gasteiger charge is -2.13. The van der Waals surface area contributed by atoms with Gasteiger partial charge in [-0.2, -0.15) is 4.98 Å². The number of ether oxygens (including phenoxy) is 2. The van der Waals surface area contributed by atoms with Gasteiger partial charge in [0.2, 0.25) is 11.8 Å². The summed E-state index contributed by atoms with van der Waals surface area (Å²) in [5.41, 5.74) is 0.326. The molecule has 1 amide bonds. The number of halogens is 1.